The third kappa shape index (κ3) is 2.17. The average molecular weight is 158 g/mol. The van der Waals surface area contributed by atoms with Gasteiger partial charge in [-0.25, -0.2) is 0 Å². The lowest BCUT2D eigenvalue weighted by Crippen LogP contribution is -2.39. The molecule has 3 atom stereocenters. The smallest absolute Gasteiger partial charge is 0.155 e. The first kappa shape index (κ1) is 9.01. The van der Waals surface area contributed by atoms with Crippen molar-refractivity contribution >= 4 is 0 Å². The molecule has 0 amide bonds. The van der Waals surface area contributed by atoms with E-state index < -0.39 is 0 Å². The van der Waals surface area contributed by atoms with Crippen LogP contribution in [-0.2, 0) is 9.47 Å². The molecule has 1 fully saturated rings. The summed E-state index contributed by atoms with van der Waals surface area (Å²) in [5, 5.41) is 0. The van der Waals surface area contributed by atoms with Crippen molar-refractivity contribution in [2.24, 2.45) is 11.8 Å². The minimum absolute atomic E-state index is 0.0139. The van der Waals surface area contributed by atoms with Crippen molar-refractivity contribution in [1.82, 2.24) is 0 Å². The molecule has 0 aliphatic carbocycles. The maximum atomic E-state index is 5.54. The zero-order valence-corrected chi connectivity index (χ0v) is 7.83. The molecule has 0 spiro atoms. The Hall–Kier alpha value is -0.0800. The van der Waals surface area contributed by atoms with E-state index in [2.05, 4.69) is 20.8 Å². The van der Waals surface area contributed by atoms with Crippen molar-refractivity contribution in [3.8, 4) is 0 Å². The molecule has 0 aromatic heterocycles. The third-order valence-corrected chi connectivity index (χ3v) is 2.39. The lowest BCUT2D eigenvalue weighted by Gasteiger charge is -2.35. The number of hydrogen-bond donors (Lipinski definition) is 0. The molecule has 2 heteroatoms. The van der Waals surface area contributed by atoms with Crippen LogP contribution in [0, 0.1) is 11.8 Å². The molecule has 0 N–H and O–H groups in total. The second-order valence-electron chi connectivity index (χ2n) is 3.65. The average Bonchev–Trinajstić information content (AvgIpc) is 1.85. The predicted molar refractivity (Wildman–Crippen MR) is 44.3 cm³/mol. The normalized spacial score (nSPS) is 39.5. The minimum Gasteiger partial charge on any atom is -0.353 e. The van der Waals surface area contributed by atoms with Gasteiger partial charge in [-0.2, -0.15) is 0 Å². The van der Waals surface area contributed by atoms with Crippen LogP contribution in [0.3, 0.4) is 0 Å². The van der Waals surface area contributed by atoms with E-state index in [-0.39, 0.29) is 6.29 Å². The van der Waals surface area contributed by atoms with E-state index >= 15 is 0 Å². The van der Waals surface area contributed by atoms with Crippen LogP contribution in [0.4, 0.5) is 0 Å². The predicted octanol–water partition coefficient (Wildman–Crippen LogP) is 2.04. The van der Waals surface area contributed by atoms with Crippen LogP contribution in [0.5, 0.6) is 0 Å². The van der Waals surface area contributed by atoms with Crippen LogP contribution in [-0.4, -0.2) is 19.0 Å². The summed E-state index contributed by atoms with van der Waals surface area (Å²) in [6.07, 6.45) is 0.332. The van der Waals surface area contributed by atoms with Gasteiger partial charge in [0.15, 0.2) is 6.29 Å². The van der Waals surface area contributed by atoms with Crippen molar-refractivity contribution in [3.63, 3.8) is 0 Å². The standard InChI is InChI=1S/C9H18O2/c1-6(2)9-5-10-8(4)11-7(9)3/h6-9H,5H2,1-4H3/t7-,8?,9-/m1/s1. The van der Waals surface area contributed by atoms with Crippen LogP contribution in [0.15, 0.2) is 0 Å². The molecule has 1 aliphatic rings. The van der Waals surface area contributed by atoms with Crippen LogP contribution in [0.1, 0.15) is 27.7 Å². The lowest BCUT2D eigenvalue weighted by molar-refractivity contribution is -0.228. The molecule has 0 bridgehead atoms. The second-order valence-corrected chi connectivity index (χ2v) is 3.65. The van der Waals surface area contributed by atoms with Crippen LogP contribution in [0.25, 0.3) is 0 Å². The molecule has 1 aliphatic heterocycles. The van der Waals surface area contributed by atoms with E-state index in [4.69, 9.17) is 9.47 Å². The van der Waals surface area contributed by atoms with Crippen molar-refractivity contribution in [2.45, 2.75) is 40.1 Å². The Bertz CT molecular complexity index is 123. The Morgan fingerprint density at radius 3 is 2.36 bits per heavy atom. The number of hydrogen-bond acceptors (Lipinski definition) is 2. The Morgan fingerprint density at radius 1 is 1.27 bits per heavy atom. The van der Waals surface area contributed by atoms with Crippen molar-refractivity contribution < 1.29 is 9.47 Å². The molecule has 1 rings (SSSR count). The fourth-order valence-corrected chi connectivity index (χ4v) is 1.56. The van der Waals surface area contributed by atoms with Gasteiger partial charge in [-0.3, -0.25) is 0 Å². The van der Waals surface area contributed by atoms with E-state index in [0.717, 1.165) is 6.61 Å². The Balaban J connectivity index is 2.44. The maximum absolute atomic E-state index is 5.54. The first-order chi connectivity index (χ1) is 5.11. The highest BCUT2D eigenvalue weighted by molar-refractivity contribution is 4.72. The summed E-state index contributed by atoms with van der Waals surface area (Å²) in [6.45, 7) is 9.35. The molecule has 1 heterocycles. The molecule has 0 radical (unpaired) electrons. The van der Waals surface area contributed by atoms with E-state index in [1.54, 1.807) is 0 Å². The second kappa shape index (κ2) is 3.55. The largest absolute Gasteiger partial charge is 0.353 e. The fraction of sp³-hybridized carbons (Fsp3) is 1.00. The number of rotatable bonds is 1. The SMILES string of the molecule is CC1OC[C@H](C(C)C)[C@@H](C)O1. The third-order valence-electron chi connectivity index (χ3n) is 2.39. The summed E-state index contributed by atoms with van der Waals surface area (Å²) in [5.41, 5.74) is 0. The molecular weight excluding hydrogens is 140 g/mol. The quantitative estimate of drug-likeness (QED) is 0.581. The fourth-order valence-electron chi connectivity index (χ4n) is 1.56. The molecule has 11 heavy (non-hydrogen) atoms. The van der Waals surface area contributed by atoms with E-state index in [1.807, 2.05) is 6.92 Å². The molecule has 0 aromatic rings. The van der Waals surface area contributed by atoms with Gasteiger partial charge in [-0.15, -0.1) is 0 Å². The summed E-state index contributed by atoms with van der Waals surface area (Å²) in [7, 11) is 0. The Kier molecular flexibility index (Phi) is 2.90. The zero-order valence-electron chi connectivity index (χ0n) is 7.83. The molecule has 0 saturated carbocycles. The van der Waals surface area contributed by atoms with E-state index in [9.17, 15) is 0 Å². The van der Waals surface area contributed by atoms with E-state index in [0.29, 0.717) is 17.9 Å². The first-order valence-electron chi connectivity index (χ1n) is 4.38. The Labute approximate surface area is 68.9 Å². The minimum atomic E-state index is -0.0139. The van der Waals surface area contributed by atoms with Gasteiger partial charge in [-0.1, -0.05) is 13.8 Å². The van der Waals surface area contributed by atoms with Crippen molar-refractivity contribution in [3.05, 3.63) is 0 Å². The number of ether oxygens (including phenoxy) is 2. The zero-order chi connectivity index (χ0) is 8.43. The van der Waals surface area contributed by atoms with E-state index in [1.165, 1.54) is 0 Å². The van der Waals surface area contributed by atoms with Crippen molar-refractivity contribution in [1.29, 1.82) is 0 Å². The molecule has 0 aromatic carbocycles. The van der Waals surface area contributed by atoms with Gasteiger partial charge in [-0.05, 0) is 19.8 Å². The summed E-state index contributed by atoms with van der Waals surface area (Å²) in [6, 6.07) is 0. The van der Waals surface area contributed by atoms with Gasteiger partial charge in [0.1, 0.15) is 0 Å². The topological polar surface area (TPSA) is 18.5 Å². The van der Waals surface area contributed by atoms with Crippen LogP contribution in [0.2, 0.25) is 0 Å². The first-order valence-corrected chi connectivity index (χ1v) is 4.38. The molecule has 1 saturated heterocycles. The molecular formula is C9H18O2. The molecule has 2 nitrogen and oxygen atoms in total. The Morgan fingerprint density at radius 2 is 1.91 bits per heavy atom. The highest BCUT2D eigenvalue weighted by atomic mass is 16.7. The monoisotopic (exact) mass is 158 g/mol. The summed E-state index contributed by atoms with van der Waals surface area (Å²) in [4.78, 5) is 0. The lowest BCUT2D eigenvalue weighted by atomic mass is 9.91. The summed E-state index contributed by atoms with van der Waals surface area (Å²) < 4.78 is 10.9. The van der Waals surface area contributed by atoms with Gasteiger partial charge >= 0.3 is 0 Å². The van der Waals surface area contributed by atoms with Gasteiger partial charge in [0.25, 0.3) is 0 Å². The summed E-state index contributed by atoms with van der Waals surface area (Å²) >= 11 is 0. The summed E-state index contributed by atoms with van der Waals surface area (Å²) in [5.74, 6) is 1.21. The molecule has 1 unspecified atom stereocenters. The van der Waals surface area contributed by atoms with Gasteiger partial charge in [0.2, 0.25) is 0 Å². The van der Waals surface area contributed by atoms with Crippen LogP contribution < -0.4 is 0 Å². The van der Waals surface area contributed by atoms with Gasteiger partial charge in [0, 0.05) is 5.92 Å². The van der Waals surface area contributed by atoms with Gasteiger partial charge in [0.05, 0.1) is 12.7 Å². The highest BCUT2D eigenvalue weighted by Gasteiger charge is 2.28. The maximum Gasteiger partial charge on any atom is 0.155 e. The van der Waals surface area contributed by atoms with Gasteiger partial charge < -0.3 is 9.47 Å². The van der Waals surface area contributed by atoms with Crippen molar-refractivity contribution in [2.75, 3.05) is 6.61 Å². The molecule has 66 valence electrons. The highest BCUT2D eigenvalue weighted by Crippen LogP contribution is 2.24. The van der Waals surface area contributed by atoms with Crippen LogP contribution >= 0.6 is 0 Å².